The molecule has 1 fully saturated rings. The predicted octanol–water partition coefficient (Wildman–Crippen LogP) is -4.08. The van der Waals surface area contributed by atoms with Gasteiger partial charge in [-0.1, -0.05) is 6.92 Å². The summed E-state index contributed by atoms with van der Waals surface area (Å²) in [7, 11) is -4.11. The van der Waals surface area contributed by atoms with Gasteiger partial charge in [-0.3, -0.25) is 9.80 Å². The molecule has 1 saturated heterocycles. The summed E-state index contributed by atoms with van der Waals surface area (Å²) >= 11 is 0. The Labute approximate surface area is 152 Å². The van der Waals surface area contributed by atoms with Gasteiger partial charge in [-0.2, -0.15) is 0 Å². The fourth-order valence-electron chi connectivity index (χ4n) is 1.86. The van der Waals surface area contributed by atoms with Crippen molar-refractivity contribution in [3.05, 3.63) is 0 Å². The Bertz CT molecular complexity index is 318. The van der Waals surface area contributed by atoms with Gasteiger partial charge in [0.2, 0.25) is 0 Å². The molecule has 1 heterocycles. The van der Waals surface area contributed by atoms with Crippen LogP contribution in [0.25, 0.3) is 0 Å². The number of hydrogen-bond acceptors (Lipinski definition) is 6. The molecule has 18 heavy (non-hydrogen) atoms. The summed E-state index contributed by atoms with van der Waals surface area (Å²) in [6, 6.07) is 0. The molecule has 0 radical (unpaired) electrons. The monoisotopic (exact) mass is 304 g/mol. The molecular formula is C10H21KN2O4S. The maximum Gasteiger partial charge on any atom is 1.00 e. The molecule has 1 aliphatic rings. The predicted molar refractivity (Wildman–Crippen MR) is 63.7 cm³/mol. The molecular weight excluding hydrogens is 283 g/mol. The van der Waals surface area contributed by atoms with Crippen molar-refractivity contribution in [2.45, 2.75) is 19.4 Å². The van der Waals surface area contributed by atoms with E-state index in [1.54, 1.807) is 0 Å². The molecule has 1 aliphatic heterocycles. The van der Waals surface area contributed by atoms with Crippen LogP contribution in [0.4, 0.5) is 0 Å². The minimum Gasteiger partial charge on any atom is -0.748 e. The van der Waals surface area contributed by atoms with Crippen LogP contribution in [0.3, 0.4) is 0 Å². The summed E-state index contributed by atoms with van der Waals surface area (Å²) in [6.45, 7) is 6.07. The third kappa shape index (κ3) is 8.57. The summed E-state index contributed by atoms with van der Waals surface area (Å²) in [6.07, 6.45) is 0.456. The van der Waals surface area contributed by atoms with E-state index in [1.165, 1.54) is 0 Å². The van der Waals surface area contributed by atoms with Gasteiger partial charge < -0.3 is 9.66 Å². The van der Waals surface area contributed by atoms with E-state index in [-0.39, 0.29) is 63.2 Å². The van der Waals surface area contributed by atoms with Gasteiger partial charge in [0, 0.05) is 39.3 Å². The molecule has 0 aromatic heterocycles. The minimum atomic E-state index is -4.11. The summed E-state index contributed by atoms with van der Waals surface area (Å²) < 4.78 is 31.5. The molecule has 6 nitrogen and oxygen atoms in total. The van der Waals surface area contributed by atoms with Gasteiger partial charge in [0.05, 0.1) is 22.0 Å². The topological polar surface area (TPSA) is 83.9 Å². The van der Waals surface area contributed by atoms with Gasteiger partial charge in [0.1, 0.15) is 0 Å². The maximum atomic E-state index is 10.5. The number of rotatable bonds is 6. The molecule has 8 heteroatoms. The quantitative estimate of drug-likeness (QED) is 0.397. The third-order valence-corrected chi connectivity index (χ3v) is 3.75. The van der Waals surface area contributed by atoms with Crippen molar-refractivity contribution in [2.75, 3.05) is 45.0 Å². The Balaban J connectivity index is 0.00000289. The molecule has 0 amide bonds. The van der Waals surface area contributed by atoms with E-state index in [9.17, 15) is 18.1 Å². The third-order valence-electron chi connectivity index (χ3n) is 3.06. The molecule has 1 N–H and O–H groups in total. The second kappa shape index (κ2) is 9.38. The average molecular weight is 304 g/mol. The van der Waals surface area contributed by atoms with Gasteiger partial charge in [0.25, 0.3) is 0 Å². The van der Waals surface area contributed by atoms with E-state index in [1.807, 2.05) is 11.8 Å². The van der Waals surface area contributed by atoms with Crippen molar-refractivity contribution >= 4 is 10.1 Å². The van der Waals surface area contributed by atoms with Crippen LogP contribution in [-0.4, -0.2) is 79.0 Å². The van der Waals surface area contributed by atoms with Gasteiger partial charge in [-0.05, 0) is 6.42 Å². The maximum absolute atomic E-state index is 10.5. The van der Waals surface area contributed by atoms with Gasteiger partial charge in [-0.15, -0.1) is 0 Å². The van der Waals surface area contributed by atoms with Crippen LogP contribution in [-0.2, 0) is 10.1 Å². The summed E-state index contributed by atoms with van der Waals surface area (Å²) in [4.78, 5) is 4.14. The molecule has 0 aromatic rings. The van der Waals surface area contributed by atoms with Crippen molar-refractivity contribution in [3.8, 4) is 0 Å². The molecule has 1 atom stereocenters. The number of aliphatic hydroxyl groups excluding tert-OH is 1. The first-order valence-electron chi connectivity index (χ1n) is 5.97. The molecule has 0 saturated carbocycles. The van der Waals surface area contributed by atoms with Crippen LogP contribution in [0.1, 0.15) is 13.3 Å². The summed E-state index contributed by atoms with van der Waals surface area (Å²) in [5.74, 6) is -0.315. The van der Waals surface area contributed by atoms with E-state index in [4.69, 9.17) is 0 Å². The zero-order valence-corrected chi connectivity index (χ0v) is 15.1. The number of aliphatic hydroxyl groups is 1. The number of hydrogen-bond donors (Lipinski definition) is 1. The Morgan fingerprint density at radius 2 is 1.72 bits per heavy atom. The van der Waals surface area contributed by atoms with Crippen LogP contribution in [0, 0.1) is 0 Å². The first-order chi connectivity index (χ1) is 7.90. The van der Waals surface area contributed by atoms with Crippen molar-refractivity contribution < 1.29 is 69.5 Å². The first kappa shape index (κ1) is 19.4. The second-order valence-corrected chi connectivity index (χ2v) is 5.99. The second-order valence-electron chi connectivity index (χ2n) is 4.47. The zero-order chi connectivity index (χ0) is 12.9. The van der Waals surface area contributed by atoms with Crippen LogP contribution >= 0.6 is 0 Å². The van der Waals surface area contributed by atoms with E-state index in [2.05, 4.69) is 4.90 Å². The Hall–Kier alpha value is 1.43. The van der Waals surface area contributed by atoms with E-state index < -0.39 is 10.1 Å². The SMILES string of the molecule is CCC(O)CN1CCN(CCS(=O)(=O)[O-])CC1.[K+]. The molecule has 1 unspecified atom stereocenters. The zero-order valence-electron chi connectivity index (χ0n) is 11.2. The van der Waals surface area contributed by atoms with Gasteiger partial charge >= 0.3 is 51.4 Å². The fourth-order valence-corrected chi connectivity index (χ4v) is 2.35. The smallest absolute Gasteiger partial charge is 0.748 e. The Morgan fingerprint density at radius 1 is 1.22 bits per heavy atom. The minimum absolute atomic E-state index is 0. The van der Waals surface area contributed by atoms with Crippen molar-refractivity contribution in [1.82, 2.24) is 9.80 Å². The Kier molecular flexibility index (Phi) is 10.1. The van der Waals surface area contributed by atoms with Crippen LogP contribution in [0.5, 0.6) is 0 Å². The molecule has 0 spiro atoms. The van der Waals surface area contributed by atoms with Crippen LogP contribution < -0.4 is 51.4 Å². The average Bonchev–Trinajstić information content (AvgIpc) is 2.27. The van der Waals surface area contributed by atoms with Crippen molar-refractivity contribution in [3.63, 3.8) is 0 Å². The van der Waals surface area contributed by atoms with E-state index >= 15 is 0 Å². The van der Waals surface area contributed by atoms with Crippen LogP contribution in [0.15, 0.2) is 0 Å². The fraction of sp³-hybridized carbons (Fsp3) is 1.00. The Morgan fingerprint density at radius 3 is 2.17 bits per heavy atom. The largest absolute Gasteiger partial charge is 1.00 e. The van der Waals surface area contributed by atoms with Gasteiger partial charge in [0.15, 0.2) is 0 Å². The molecule has 1 rings (SSSR count). The number of β-amino-alcohol motifs (C(OH)–C–C–N with tert-alkyl or cyclic N) is 1. The van der Waals surface area contributed by atoms with Crippen molar-refractivity contribution in [2.24, 2.45) is 0 Å². The normalized spacial score (nSPS) is 20.4. The summed E-state index contributed by atoms with van der Waals surface area (Å²) in [5, 5.41) is 9.51. The first-order valence-corrected chi connectivity index (χ1v) is 7.55. The summed E-state index contributed by atoms with van der Waals surface area (Å²) in [5.41, 5.74) is 0. The van der Waals surface area contributed by atoms with E-state index in [0.717, 1.165) is 32.6 Å². The van der Waals surface area contributed by atoms with Crippen LogP contribution in [0.2, 0.25) is 0 Å². The number of piperazine rings is 1. The van der Waals surface area contributed by atoms with E-state index in [0.29, 0.717) is 13.1 Å². The standard InChI is InChI=1S/C10H22N2O4S.K/c1-2-10(13)9-12-5-3-11(4-6-12)7-8-17(14,15)16;/h10,13H,2-9H2,1H3,(H,14,15,16);/q;+1/p-1. The van der Waals surface area contributed by atoms with Gasteiger partial charge in [-0.25, -0.2) is 8.42 Å². The molecule has 0 bridgehead atoms. The van der Waals surface area contributed by atoms with Crippen molar-refractivity contribution in [1.29, 1.82) is 0 Å². The molecule has 102 valence electrons. The molecule has 0 aliphatic carbocycles. The molecule has 0 aromatic carbocycles. The number of nitrogens with zero attached hydrogens (tertiary/aromatic N) is 2.